The van der Waals surface area contributed by atoms with Crippen LogP contribution >= 0.6 is 0 Å². The van der Waals surface area contributed by atoms with Gasteiger partial charge in [-0.1, -0.05) is 0 Å². The lowest BCUT2D eigenvalue weighted by Crippen LogP contribution is -2.48. The van der Waals surface area contributed by atoms with E-state index in [2.05, 4.69) is 15.1 Å². The van der Waals surface area contributed by atoms with Crippen LogP contribution in [0.1, 0.15) is 21.7 Å². The Morgan fingerprint density at radius 1 is 1.20 bits per heavy atom. The second kappa shape index (κ2) is 6.51. The van der Waals surface area contributed by atoms with Gasteiger partial charge in [0, 0.05) is 64.6 Å². The van der Waals surface area contributed by atoms with E-state index in [1.807, 2.05) is 13.2 Å². The van der Waals surface area contributed by atoms with Crippen LogP contribution in [0.3, 0.4) is 0 Å². The fourth-order valence-corrected chi connectivity index (χ4v) is 2.89. The fraction of sp³-hybridized carbons (Fsp3) is 0.533. The van der Waals surface area contributed by atoms with Crippen molar-refractivity contribution in [2.75, 3.05) is 26.2 Å². The van der Waals surface area contributed by atoms with Crippen LogP contribution in [0, 0.1) is 0 Å². The SMILES string of the molecule is Cn1cc(CN2CCN(C(=O)c3cc(C(F)(F)F)nn3C)CC2)cn1. The summed E-state index contributed by atoms with van der Waals surface area (Å²) in [5.74, 6) is -0.425. The maximum atomic E-state index is 12.7. The molecule has 1 amide bonds. The van der Waals surface area contributed by atoms with Crippen molar-refractivity contribution in [2.24, 2.45) is 14.1 Å². The van der Waals surface area contributed by atoms with Crippen LogP contribution in [0.4, 0.5) is 13.2 Å². The van der Waals surface area contributed by atoms with Crippen molar-refractivity contribution in [2.45, 2.75) is 12.7 Å². The van der Waals surface area contributed by atoms with Crippen LogP contribution in [0.2, 0.25) is 0 Å². The zero-order chi connectivity index (χ0) is 18.2. The minimum Gasteiger partial charge on any atom is -0.335 e. The van der Waals surface area contributed by atoms with Gasteiger partial charge in [-0.25, -0.2) is 0 Å². The zero-order valence-electron chi connectivity index (χ0n) is 14.0. The van der Waals surface area contributed by atoms with E-state index in [9.17, 15) is 18.0 Å². The van der Waals surface area contributed by atoms with E-state index < -0.39 is 17.8 Å². The number of halogens is 3. The molecule has 1 saturated heterocycles. The van der Waals surface area contributed by atoms with Gasteiger partial charge in [0.05, 0.1) is 6.20 Å². The third kappa shape index (κ3) is 3.84. The molecule has 2 aromatic heterocycles. The number of aryl methyl sites for hydroxylation is 2. The summed E-state index contributed by atoms with van der Waals surface area (Å²) >= 11 is 0. The highest BCUT2D eigenvalue weighted by atomic mass is 19.4. The number of alkyl halides is 3. The van der Waals surface area contributed by atoms with E-state index in [-0.39, 0.29) is 5.69 Å². The fourth-order valence-electron chi connectivity index (χ4n) is 2.89. The monoisotopic (exact) mass is 356 g/mol. The first-order chi connectivity index (χ1) is 11.7. The Kier molecular flexibility index (Phi) is 4.55. The first kappa shape index (κ1) is 17.5. The summed E-state index contributed by atoms with van der Waals surface area (Å²) in [5.41, 5.74) is -0.00896. The molecule has 25 heavy (non-hydrogen) atoms. The molecule has 10 heteroatoms. The molecule has 1 aliphatic rings. The Labute approximate surface area is 142 Å². The van der Waals surface area contributed by atoms with Crippen molar-refractivity contribution < 1.29 is 18.0 Å². The summed E-state index contributed by atoms with van der Waals surface area (Å²) in [7, 11) is 3.20. The van der Waals surface area contributed by atoms with E-state index in [0.717, 1.165) is 22.9 Å². The second-order valence-corrected chi connectivity index (χ2v) is 6.13. The molecule has 0 radical (unpaired) electrons. The molecule has 0 bridgehead atoms. The Hall–Kier alpha value is -2.36. The average molecular weight is 356 g/mol. The summed E-state index contributed by atoms with van der Waals surface area (Å²) < 4.78 is 40.9. The molecule has 3 rings (SSSR count). The quantitative estimate of drug-likeness (QED) is 0.827. The Morgan fingerprint density at radius 2 is 1.88 bits per heavy atom. The van der Waals surface area contributed by atoms with E-state index in [1.54, 1.807) is 15.8 Å². The summed E-state index contributed by atoms with van der Waals surface area (Å²) in [4.78, 5) is 16.2. The Morgan fingerprint density at radius 3 is 2.40 bits per heavy atom. The molecule has 3 heterocycles. The van der Waals surface area contributed by atoms with E-state index in [1.165, 1.54) is 7.05 Å². The molecule has 0 saturated carbocycles. The molecule has 0 aliphatic carbocycles. The minimum atomic E-state index is -4.56. The molecular weight excluding hydrogens is 337 g/mol. The molecule has 136 valence electrons. The number of hydrogen-bond donors (Lipinski definition) is 0. The number of amides is 1. The zero-order valence-corrected chi connectivity index (χ0v) is 14.0. The van der Waals surface area contributed by atoms with Gasteiger partial charge in [0.2, 0.25) is 0 Å². The van der Waals surface area contributed by atoms with E-state index >= 15 is 0 Å². The molecule has 7 nitrogen and oxygen atoms in total. The van der Waals surface area contributed by atoms with Crippen LogP contribution in [0.25, 0.3) is 0 Å². The number of nitrogens with zero attached hydrogens (tertiary/aromatic N) is 6. The van der Waals surface area contributed by atoms with Gasteiger partial charge in [-0.15, -0.1) is 0 Å². The van der Waals surface area contributed by atoms with Crippen molar-refractivity contribution >= 4 is 5.91 Å². The predicted octanol–water partition coefficient (Wildman–Crippen LogP) is 1.13. The number of carbonyl (C=O) groups excluding carboxylic acids is 1. The van der Waals surface area contributed by atoms with Gasteiger partial charge < -0.3 is 4.90 Å². The smallest absolute Gasteiger partial charge is 0.335 e. The molecule has 2 aromatic rings. The number of carbonyl (C=O) groups is 1. The van der Waals surface area contributed by atoms with Crippen molar-refractivity contribution in [3.05, 3.63) is 35.4 Å². The minimum absolute atomic E-state index is 0.0481. The number of aromatic nitrogens is 4. The van der Waals surface area contributed by atoms with Crippen LogP contribution in [-0.4, -0.2) is 61.4 Å². The number of piperazine rings is 1. The lowest BCUT2D eigenvalue weighted by Gasteiger charge is -2.34. The summed E-state index contributed by atoms with van der Waals surface area (Å²) in [6.45, 7) is 2.98. The van der Waals surface area contributed by atoms with Crippen molar-refractivity contribution in [1.29, 1.82) is 0 Å². The third-order valence-corrected chi connectivity index (χ3v) is 4.21. The first-order valence-corrected chi connectivity index (χ1v) is 7.84. The lowest BCUT2D eigenvalue weighted by molar-refractivity contribution is -0.141. The molecule has 1 fully saturated rings. The van der Waals surface area contributed by atoms with Gasteiger partial charge in [-0.2, -0.15) is 23.4 Å². The van der Waals surface area contributed by atoms with Crippen LogP contribution in [0.15, 0.2) is 18.5 Å². The van der Waals surface area contributed by atoms with Gasteiger partial charge in [0.25, 0.3) is 5.91 Å². The summed E-state index contributed by atoms with van der Waals surface area (Å²) in [5, 5.41) is 7.52. The van der Waals surface area contributed by atoms with Crippen molar-refractivity contribution in [3.8, 4) is 0 Å². The predicted molar refractivity (Wildman–Crippen MR) is 82.6 cm³/mol. The van der Waals surface area contributed by atoms with Gasteiger partial charge >= 0.3 is 6.18 Å². The molecule has 0 aromatic carbocycles. The van der Waals surface area contributed by atoms with Gasteiger partial charge in [0.1, 0.15) is 5.69 Å². The van der Waals surface area contributed by atoms with Crippen LogP contribution < -0.4 is 0 Å². The highest BCUT2D eigenvalue weighted by Crippen LogP contribution is 2.28. The molecule has 0 N–H and O–H groups in total. The summed E-state index contributed by atoms with van der Waals surface area (Å²) in [6.07, 6.45) is -0.823. The molecule has 0 unspecified atom stereocenters. The van der Waals surface area contributed by atoms with Crippen LogP contribution in [-0.2, 0) is 26.8 Å². The molecule has 0 atom stereocenters. The van der Waals surface area contributed by atoms with E-state index in [0.29, 0.717) is 26.2 Å². The number of rotatable bonds is 3. The van der Waals surface area contributed by atoms with Gasteiger partial charge in [-0.3, -0.25) is 19.1 Å². The highest BCUT2D eigenvalue weighted by Gasteiger charge is 2.36. The molecule has 0 spiro atoms. The van der Waals surface area contributed by atoms with Gasteiger partial charge in [0.15, 0.2) is 5.69 Å². The van der Waals surface area contributed by atoms with Crippen LogP contribution in [0.5, 0.6) is 0 Å². The first-order valence-electron chi connectivity index (χ1n) is 7.84. The Bertz CT molecular complexity index is 758. The second-order valence-electron chi connectivity index (χ2n) is 6.13. The van der Waals surface area contributed by atoms with Crippen molar-refractivity contribution in [1.82, 2.24) is 29.4 Å². The van der Waals surface area contributed by atoms with E-state index in [4.69, 9.17) is 0 Å². The third-order valence-electron chi connectivity index (χ3n) is 4.21. The number of hydrogen-bond acceptors (Lipinski definition) is 4. The average Bonchev–Trinajstić information content (AvgIpc) is 3.13. The normalized spacial score (nSPS) is 16.4. The largest absolute Gasteiger partial charge is 0.435 e. The standard InChI is InChI=1S/C15H19F3N6O/c1-21-9-11(8-19-21)10-23-3-5-24(6-4-23)14(25)12-7-13(15(16,17)18)20-22(12)2/h7-9H,3-6,10H2,1-2H3. The molecular formula is C15H19F3N6O. The maximum absolute atomic E-state index is 12.7. The lowest BCUT2D eigenvalue weighted by atomic mass is 10.2. The maximum Gasteiger partial charge on any atom is 0.435 e. The molecule has 1 aliphatic heterocycles. The highest BCUT2D eigenvalue weighted by molar-refractivity contribution is 5.92. The van der Waals surface area contributed by atoms with Crippen molar-refractivity contribution in [3.63, 3.8) is 0 Å². The Balaban J connectivity index is 1.61. The van der Waals surface area contributed by atoms with Gasteiger partial charge in [-0.05, 0) is 0 Å². The summed E-state index contributed by atoms with van der Waals surface area (Å²) in [6, 6.07) is 0.810. The topological polar surface area (TPSA) is 59.2 Å².